The standard InChI is InChI=1S/C16H22N6O.2ClH/c1-10-7-11(2)22-16(18-10)19-14(20-22)15(23)21-5-3-12-8-17-9-13(12)4-6-21;;/h7,12-13,17H,3-6,8-9H2,1-2H3;2*1H/t12-,13+;;. The lowest BCUT2D eigenvalue weighted by atomic mass is 9.92. The number of amides is 1. The van der Waals surface area contributed by atoms with Crippen molar-refractivity contribution in [2.75, 3.05) is 26.2 Å². The molecule has 2 atom stereocenters. The molecule has 4 rings (SSSR count). The minimum Gasteiger partial charge on any atom is -0.336 e. The molecule has 2 aromatic rings. The van der Waals surface area contributed by atoms with Crippen molar-refractivity contribution in [3.8, 4) is 0 Å². The van der Waals surface area contributed by atoms with Crippen molar-refractivity contribution in [2.24, 2.45) is 11.8 Å². The van der Waals surface area contributed by atoms with E-state index in [-0.39, 0.29) is 36.5 Å². The van der Waals surface area contributed by atoms with Crippen molar-refractivity contribution in [3.63, 3.8) is 0 Å². The van der Waals surface area contributed by atoms with Crippen LogP contribution < -0.4 is 5.32 Å². The molecule has 1 amide bonds. The molecule has 2 aliphatic heterocycles. The first-order valence-electron chi connectivity index (χ1n) is 8.33. The van der Waals surface area contributed by atoms with E-state index in [0.29, 0.717) is 17.6 Å². The van der Waals surface area contributed by atoms with Gasteiger partial charge in [-0.25, -0.2) is 9.50 Å². The molecular formula is C16H24Cl2N6O. The molecule has 7 nitrogen and oxygen atoms in total. The van der Waals surface area contributed by atoms with Crippen molar-refractivity contribution in [1.29, 1.82) is 0 Å². The fraction of sp³-hybridized carbons (Fsp3) is 0.625. The number of nitrogens with one attached hydrogen (secondary N) is 1. The van der Waals surface area contributed by atoms with Gasteiger partial charge < -0.3 is 10.2 Å². The zero-order chi connectivity index (χ0) is 16.0. The molecular weight excluding hydrogens is 363 g/mol. The highest BCUT2D eigenvalue weighted by Crippen LogP contribution is 2.27. The Morgan fingerprint density at radius 3 is 2.40 bits per heavy atom. The monoisotopic (exact) mass is 386 g/mol. The lowest BCUT2D eigenvalue weighted by Crippen LogP contribution is -2.33. The van der Waals surface area contributed by atoms with Crippen LogP contribution in [0.3, 0.4) is 0 Å². The average molecular weight is 387 g/mol. The van der Waals surface area contributed by atoms with Gasteiger partial charge in [-0.05, 0) is 57.7 Å². The van der Waals surface area contributed by atoms with Crippen LogP contribution in [-0.2, 0) is 0 Å². The Morgan fingerprint density at radius 1 is 1.12 bits per heavy atom. The van der Waals surface area contributed by atoms with E-state index in [9.17, 15) is 4.79 Å². The van der Waals surface area contributed by atoms with Gasteiger partial charge in [-0.3, -0.25) is 4.79 Å². The first kappa shape index (κ1) is 19.9. The van der Waals surface area contributed by atoms with Crippen LogP contribution in [0.4, 0.5) is 0 Å². The molecule has 0 saturated carbocycles. The van der Waals surface area contributed by atoms with Crippen LogP contribution >= 0.6 is 24.8 Å². The van der Waals surface area contributed by atoms with E-state index >= 15 is 0 Å². The predicted molar refractivity (Wildman–Crippen MR) is 99.7 cm³/mol. The summed E-state index contributed by atoms with van der Waals surface area (Å²) in [6.07, 6.45) is 2.13. The summed E-state index contributed by atoms with van der Waals surface area (Å²) in [6.45, 7) is 7.63. The van der Waals surface area contributed by atoms with Gasteiger partial charge in [0, 0.05) is 24.5 Å². The summed E-state index contributed by atoms with van der Waals surface area (Å²) in [5.41, 5.74) is 1.83. The number of hydrogen-bond donors (Lipinski definition) is 1. The van der Waals surface area contributed by atoms with Gasteiger partial charge in [-0.2, -0.15) is 4.98 Å². The molecule has 9 heteroatoms. The first-order valence-corrected chi connectivity index (χ1v) is 8.33. The molecule has 2 aliphatic rings. The summed E-state index contributed by atoms with van der Waals surface area (Å²) >= 11 is 0. The lowest BCUT2D eigenvalue weighted by Gasteiger charge is -2.18. The molecule has 2 aromatic heterocycles. The Labute approximate surface area is 159 Å². The number of rotatable bonds is 1. The summed E-state index contributed by atoms with van der Waals surface area (Å²) in [5, 5.41) is 7.83. The van der Waals surface area contributed by atoms with Gasteiger partial charge in [0.05, 0.1) is 0 Å². The normalized spacial score (nSPS) is 22.7. The number of likely N-dealkylation sites (tertiary alicyclic amines) is 1. The van der Waals surface area contributed by atoms with Crippen molar-refractivity contribution in [1.82, 2.24) is 29.8 Å². The Bertz CT molecular complexity index is 750. The highest BCUT2D eigenvalue weighted by molar-refractivity contribution is 5.90. The number of fused-ring (bicyclic) bond motifs is 2. The summed E-state index contributed by atoms with van der Waals surface area (Å²) < 4.78 is 1.65. The van der Waals surface area contributed by atoms with E-state index in [0.717, 1.165) is 50.4 Å². The number of carbonyl (C=O) groups is 1. The number of halogens is 2. The fourth-order valence-electron chi connectivity index (χ4n) is 3.82. The van der Waals surface area contributed by atoms with E-state index in [1.54, 1.807) is 4.52 Å². The highest BCUT2D eigenvalue weighted by atomic mass is 35.5. The summed E-state index contributed by atoms with van der Waals surface area (Å²) in [4.78, 5) is 23.4. The predicted octanol–water partition coefficient (Wildman–Crippen LogP) is 1.66. The van der Waals surface area contributed by atoms with E-state index in [1.165, 1.54) is 0 Å². The van der Waals surface area contributed by atoms with Crippen LogP contribution in [0.5, 0.6) is 0 Å². The maximum atomic E-state index is 12.8. The number of aromatic nitrogens is 4. The maximum absolute atomic E-state index is 12.8. The number of aryl methyl sites for hydroxylation is 2. The van der Waals surface area contributed by atoms with Gasteiger partial charge in [0.15, 0.2) is 0 Å². The van der Waals surface area contributed by atoms with Crippen molar-refractivity contribution < 1.29 is 4.79 Å². The number of nitrogens with zero attached hydrogens (tertiary/aromatic N) is 5. The second-order valence-corrected chi connectivity index (χ2v) is 6.73. The second-order valence-electron chi connectivity index (χ2n) is 6.73. The van der Waals surface area contributed by atoms with E-state index in [4.69, 9.17) is 0 Å². The van der Waals surface area contributed by atoms with Crippen molar-refractivity contribution >= 4 is 36.5 Å². The molecule has 0 aromatic carbocycles. The number of hydrogen-bond acceptors (Lipinski definition) is 5. The molecule has 4 heterocycles. The molecule has 2 fully saturated rings. The second kappa shape index (κ2) is 7.85. The van der Waals surface area contributed by atoms with Crippen LogP contribution in [-0.4, -0.2) is 56.6 Å². The van der Waals surface area contributed by atoms with Crippen LogP contribution in [0.2, 0.25) is 0 Å². The maximum Gasteiger partial charge on any atom is 0.293 e. The van der Waals surface area contributed by atoms with Gasteiger partial charge in [0.2, 0.25) is 5.82 Å². The summed E-state index contributed by atoms with van der Waals surface area (Å²) in [7, 11) is 0. The Morgan fingerprint density at radius 2 is 1.76 bits per heavy atom. The Hall–Kier alpha value is -1.44. The van der Waals surface area contributed by atoms with E-state index < -0.39 is 0 Å². The SMILES string of the molecule is Cc1cc(C)n2nc(C(=O)N3CC[C@@H]4CNC[C@@H]4CC3)nc2n1.Cl.Cl. The van der Waals surface area contributed by atoms with Crippen LogP contribution in [0.25, 0.3) is 5.78 Å². The largest absolute Gasteiger partial charge is 0.336 e. The topological polar surface area (TPSA) is 75.4 Å². The van der Waals surface area contributed by atoms with Gasteiger partial charge in [0.25, 0.3) is 11.7 Å². The van der Waals surface area contributed by atoms with Crippen molar-refractivity contribution in [3.05, 3.63) is 23.3 Å². The lowest BCUT2D eigenvalue weighted by molar-refractivity contribution is 0.0746. The van der Waals surface area contributed by atoms with Crippen LogP contribution in [0.15, 0.2) is 6.07 Å². The molecule has 0 spiro atoms. The molecule has 0 bridgehead atoms. The molecule has 0 radical (unpaired) electrons. The van der Waals surface area contributed by atoms with Gasteiger partial charge in [0.1, 0.15) is 0 Å². The Kier molecular flexibility index (Phi) is 6.24. The van der Waals surface area contributed by atoms with E-state index in [2.05, 4.69) is 20.4 Å². The quantitative estimate of drug-likeness (QED) is 0.806. The molecule has 138 valence electrons. The van der Waals surface area contributed by atoms with Crippen molar-refractivity contribution in [2.45, 2.75) is 26.7 Å². The smallest absolute Gasteiger partial charge is 0.293 e. The average Bonchev–Trinajstić information content (AvgIpc) is 3.09. The molecule has 0 aliphatic carbocycles. The third-order valence-electron chi connectivity index (χ3n) is 5.12. The van der Waals surface area contributed by atoms with Crippen LogP contribution in [0.1, 0.15) is 34.8 Å². The minimum absolute atomic E-state index is 0. The zero-order valence-electron chi connectivity index (χ0n) is 14.4. The number of carbonyl (C=O) groups excluding carboxylic acids is 1. The highest BCUT2D eigenvalue weighted by Gasteiger charge is 2.32. The third kappa shape index (κ3) is 3.73. The van der Waals surface area contributed by atoms with Gasteiger partial charge >= 0.3 is 0 Å². The van der Waals surface area contributed by atoms with Crippen LogP contribution in [0, 0.1) is 25.7 Å². The minimum atomic E-state index is -0.0690. The molecule has 2 saturated heterocycles. The fourth-order valence-corrected chi connectivity index (χ4v) is 3.82. The third-order valence-corrected chi connectivity index (χ3v) is 5.12. The molecule has 0 unspecified atom stereocenters. The first-order chi connectivity index (χ1) is 11.1. The van der Waals surface area contributed by atoms with Gasteiger partial charge in [-0.15, -0.1) is 29.9 Å². The van der Waals surface area contributed by atoms with E-state index in [1.807, 2.05) is 24.8 Å². The molecule has 25 heavy (non-hydrogen) atoms. The Balaban J connectivity index is 0.00000113. The summed E-state index contributed by atoms with van der Waals surface area (Å²) in [6, 6.07) is 1.94. The molecule has 1 N–H and O–H groups in total. The van der Waals surface area contributed by atoms with Gasteiger partial charge in [-0.1, -0.05) is 0 Å². The summed E-state index contributed by atoms with van der Waals surface area (Å²) in [5.74, 6) is 2.10. The zero-order valence-corrected chi connectivity index (χ0v) is 16.1.